The van der Waals surface area contributed by atoms with Crippen molar-refractivity contribution in [3.8, 4) is 11.5 Å². The highest BCUT2D eigenvalue weighted by molar-refractivity contribution is 5.90. The van der Waals surface area contributed by atoms with Crippen LogP contribution in [0, 0.1) is 0 Å². The van der Waals surface area contributed by atoms with Crippen LogP contribution in [0.15, 0.2) is 97.1 Å². The molecule has 0 aliphatic heterocycles. The van der Waals surface area contributed by atoms with Crippen LogP contribution in [-0.2, 0) is 22.6 Å². The quantitative estimate of drug-likeness (QED) is 0.255. The fraction of sp³-hybridized carbons (Fsp3) is 0.273. The monoisotopic (exact) mass is 524 g/mol. The van der Waals surface area contributed by atoms with Crippen LogP contribution in [0.1, 0.15) is 31.4 Å². The summed E-state index contributed by atoms with van der Waals surface area (Å²) in [7, 11) is 1.61. The Balaban J connectivity index is 1.66. The highest BCUT2D eigenvalue weighted by atomic mass is 16.5. The molecule has 0 unspecified atom stereocenters. The standard InChI is InChI=1S/C33H36N2O4/c1-4-24(2)34-33(37)30(21-25-12-6-5-7-13-25)35(22-26-14-10-17-28(20-26)38-3)32(36)23-39-31-19-11-16-27-15-8-9-18-29(27)31/h5-20,24,30H,4,21-23H2,1-3H3,(H,34,37)/t24-,30+/m1/s1. The van der Waals surface area contributed by atoms with E-state index in [4.69, 9.17) is 9.47 Å². The maximum Gasteiger partial charge on any atom is 0.261 e. The molecule has 1 N–H and O–H groups in total. The first kappa shape index (κ1) is 27.7. The van der Waals surface area contributed by atoms with E-state index < -0.39 is 6.04 Å². The first-order valence-corrected chi connectivity index (χ1v) is 13.4. The van der Waals surface area contributed by atoms with E-state index in [0.29, 0.717) is 17.9 Å². The lowest BCUT2D eigenvalue weighted by molar-refractivity contribution is -0.143. The maximum absolute atomic E-state index is 13.9. The van der Waals surface area contributed by atoms with E-state index in [1.807, 2.05) is 111 Å². The molecule has 4 rings (SSSR count). The molecule has 4 aromatic carbocycles. The zero-order chi connectivity index (χ0) is 27.6. The van der Waals surface area contributed by atoms with Gasteiger partial charge in [-0.1, -0.05) is 85.8 Å². The first-order valence-electron chi connectivity index (χ1n) is 13.4. The van der Waals surface area contributed by atoms with E-state index in [1.54, 1.807) is 12.0 Å². The smallest absolute Gasteiger partial charge is 0.261 e. The Hall–Kier alpha value is -4.32. The molecule has 0 heterocycles. The number of fused-ring (bicyclic) bond motifs is 1. The Kier molecular flexibility index (Phi) is 9.57. The van der Waals surface area contributed by atoms with Crippen molar-refractivity contribution in [1.82, 2.24) is 10.2 Å². The van der Waals surface area contributed by atoms with Crippen molar-refractivity contribution < 1.29 is 19.1 Å². The number of hydrogen-bond acceptors (Lipinski definition) is 4. The summed E-state index contributed by atoms with van der Waals surface area (Å²) in [4.78, 5) is 29.2. The summed E-state index contributed by atoms with van der Waals surface area (Å²) in [6.45, 7) is 4.03. The van der Waals surface area contributed by atoms with Crippen molar-refractivity contribution in [2.24, 2.45) is 0 Å². The van der Waals surface area contributed by atoms with Gasteiger partial charge in [0.15, 0.2) is 6.61 Å². The number of rotatable bonds is 12. The summed E-state index contributed by atoms with van der Waals surface area (Å²) in [5.41, 5.74) is 1.84. The van der Waals surface area contributed by atoms with Crippen LogP contribution in [0.2, 0.25) is 0 Å². The van der Waals surface area contributed by atoms with Gasteiger partial charge in [0.25, 0.3) is 5.91 Å². The van der Waals surface area contributed by atoms with Crippen molar-refractivity contribution in [3.63, 3.8) is 0 Å². The molecule has 202 valence electrons. The molecule has 0 spiro atoms. The van der Waals surface area contributed by atoms with Gasteiger partial charge in [-0.05, 0) is 48.1 Å². The minimum atomic E-state index is -0.726. The fourth-order valence-electron chi connectivity index (χ4n) is 4.51. The summed E-state index contributed by atoms with van der Waals surface area (Å²) in [6, 6.07) is 30.3. The Bertz CT molecular complexity index is 1380. The van der Waals surface area contributed by atoms with Gasteiger partial charge in [-0.25, -0.2) is 0 Å². The molecule has 6 nitrogen and oxygen atoms in total. The molecule has 0 aromatic heterocycles. The van der Waals surface area contributed by atoms with Crippen LogP contribution in [0.5, 0.6) is 11.5 Å². The number of carbonyl (C=O) groups is 2. The zero-order valence-corrected chi connectivity index (χ0v) is 22.8. The van der Waals surface area contributed by atoms with Crippen molar-refractivity contribution >= 4 is 22.6 Å². The van der Waals surface area contributed by atoms with E-state index in [1.165, 1.54) is 0 Å². The van der Waals surface area contributed by atoms with Crippen molar-refractivity contribution in [2.75, 3.05) is 13.7 Å². The molecule has 6 heteroatoms. The molecular formula is C33H36N2O4. The molecule has 0 aliphatic rings. The molecule has 0 aliphatic carbocycles. The molecule has 0 bridgehead atoms. The maximum atomic E-state index is 13.9. The predicted octanol–water partition coefficient (Wildman–Crippen LogP) is 5.78. The van der Waals surface area contributed by atoms with Gasteiger partial charge in [0.05, 0.1) is 7.11 Å². The van der Waals surface area contributed by atoms with Crippen LogP contribution >= 0.6 is 0 Å². The number of amides is 2. The van der Waals surface area contributed by atoms with Crippen molar-refractivity contribution in [2.45, 2.75) is 45.3 Å². The molecule has 4 aromatic rings. The predicted molar refractivity (Wildman–Crippen MR) is 155 cm³/mol. The third-order valence-electron chi connectivity index (χ3n) is 6.86. The minimum Gasteiger partial charge on any atom is -0.497 e. The highest BCUT2D eigenvalue weighted by Crippen LogP contribution is 2.26. The van der Waals surface area contributed by atoms with E-state index >= 15 is 0 Å². The SMILES string of the molecule is CC[C@@H](C)NC(=O)[C@H](Cc1ccccc1)N(Cc1cccc(OC)c1)C(=O)COc1cccc2ccccc12. The Morgan fingerprint density at radius 3 is 2.33 bits per heavy atom. The third kappa shape index (κ3) is 7.38. The van der Waals surface area contributed by atoms with Crippen LogP contribution in [-0.4, -0.2) is 42.5 Å². The largest absolute Gasteiger partial charge is 0.497 e. The van der Waals surface area contributed by atoms with Gasteiger partial charge in [0, 0.05) is 24.4 Å². The van der Waals surface area contributed by atoms with E-state index in [-0.39, 0.29) is 31.0 Å². The lowest BCUT2D eigenvalue weighted by atomic mass is 10.0. The number of methoxy groups -OCH3 is 1. The number of carbonyl (C=O) groups excluding carboxylic acids is 2. The van der Waals surface area contributed by atoms with Gasteiger partial charge >= 0.3 is 0 Å². The summed E-state index contributed by atoms with van der Waals surface area (Å²) >= 11 is 0. The average molecular weight is 525 g/mol. The minimum absolute atomic E-state index is 0.0172. The van der Waals surface area contributed by atoms with Gasteiger partial charge < -0.3 is 19.7 Å². The number of nitrogens with one attached hydrogen (secondary N) is 1. The van der Waals surface area contributed by atoms with Crippen LogP contribution in [0.3, 0.4) is 0 Å². The number of nitrogens with zero attached hydrogens (tertiary/aromatic N) is 1. The highest BCUT2D eigenvalue weighted by Gasteiger charge is 2.31. The lowest BCUT2D eigenvalue weighted by Crippen LogP contribution is -2.53. The normalized spacial score (nSPS) is 12.4. The zero-order valence-electron chi connectivity index (χ0n) is 22.8. The van der Waals surface area contributed by atoms with E-state index in [0.717, 1.165) is 28.3 Å². The van der Waals surface area contributed by atoms with Gasteiger partial charge in [-0.2, -0.15) is 0 Å². The number of benzene rings is 4. The van der Waals surface area contributed by atoms with Gasteiger partial charge in [0.2, 0.25) is 5.91 Å². The summed E-state index contributed by atoms with van der Waals surface area (Å²) < 4.78 is 11.5. The van der Waals surface area contributed by atoms with Crippen LogP contribution in [0.4, 0.5) is 0 Å². The van der Waals surface area contributed by atoms with Crippen LogP contribution in [0.25, 0.3) is 10.8 Å². The number of hydrogen-bond donors (Lipinski definition) is 1. The first-order chi connectivity index (χ1) is 19.0. The van der Waals surface area contributed by atoms with E-state index in [9.17, 15) is 9.59 Å². The summed E-state index contributed by atoms with van der Waals surface area (Å²) in [6.07, 6.45) is 1.17. The Morgan fingerprint density at radius 1 is 0.872 bits per heavy atom. The molecule has 0 fully saturated rings. The lowest BCUT2D eigenvalue weighted by Gasteiger charge is -2.32. The van der Waals surface area contributed by atoms with Crippen molar-refractivity contribution in [3.05, 3.63) is 108 Å². The second kappa shape index (κ2) is 13.5. The molecule has 2 atom stereocenters. The second-order valence-electron chi connectivity index (χ2n) is 9.66. The third-order valence-corrected chi connectivity index (χ3v) is 6.86. The summed E-state index contributed by atoms with van der Waals surface area (Å²) in [5.74, 6) is 0.864. The molecule has 2 amide bonds. The molecule has 0 saturated heterocycles. The van der Waals surface area contributed by atoms with E-state index in [2.05, 4.69) is 5.32 Å². The summed E-state index contributed by atoms with van der Waals surface area (Å²) in [5, 5.41) is 5.06. The van der Waals surface area contributed by atoms with Gasteiger partial charge in [-0.3, -0.25) is 9.59 Å². The van der Waals surface area contributed by atoms with Crippen molar-refractivity contribution in [1.29, 1.82) is 0 Å². The molecular weight excluding hydrogens is 488 g/mol. The Labute approximate surface area is 230 Å². The molecule has 0 saturated carbocycles. The number of ether oxygens (including phenoxy) is 2. The fourth-order valence-corrected chi connectivity index (χ4v) is 4.51. The van der Waals surface area contributed by atoms with Gasteiger partial charge in [-0.15, -0.1) is 0 Å². The topological polar surface area (TPSA) is 67.9 Å². The molecule has 0 radical (unpaired) electrons. The van der Waals surface area contributed by atoms with Gasteiger partial charge in [0.1, 0.15) is 17.5 Å². The second-order valence-corrected chi connectivity index (χ2v) is 9.66. The van der Waals surface area contributed by atoms with Crippen LogP contribution < -0.4 is 14.8 Å². The average Bonchev–Trinajstić information content (AvgIpc) is 2.98. The molecule has 39 heavy (non-hydrogen) atoms. The Morgan fingerprint density at radius 2 is 1.56 bits per heavy atom.